The number of nitrogens with one attached hydrogen (secondary N) is 2. The number of hydrogen-bond acceptors (Lipinski definition) is 8. The molecule has 0 aliphatic carbocycles. The lowest BCUT2D eigenvalue weighted by Crippen LogP contribution is -2.26. The fraction of sp³-hybridized carbons (Fsp3) is 0.414. The average molecular weight is 631 g/mol. The average Bonchev–Trinajstić information content (AvgIpc) is 3.28. The van der Waals surface area contributed by atoms with E-state index < -0.39 is 20.0 Å². The molecule has 4 aromatic rings. The second kappa shape index (κ2) is 13.8. The van der Waals surface area contributed by atoms with E-state index in [2.05, 4.69) is 26.7 Å². The quantitative estimate of drug-likeness (QED) is 0.167. The highest BCUT2D eigenvalue weighted by Gasteiger charge is 2.21. The number of primary sulfonamides is 1. The van der Waals surface area contributed by atoms with Crippen LogP contribution in [0.15, 0.2) is 57.1 Å². The summed E-state index contributed by atoms with van der Waals surface area (Å²) in [6.07, 6.45) is 6.41. The van der Waals surface area contributed by atoms with Gasteiger partial charge in [-0.1, -0.05) is 44.7 Å². The molecule has 0 radical (unpaired) electrons. The Morgan fingerprint density at radius 1 is 0.953 bits per heavy atom. The normalized spacial score (nSPS) is 12.2. The van der Waals surface area contributed by atoms with Crippen LogP contribution in [0.4, 0.5) is 0 Å². The van der Waals surface area contributed by atoms with Crippen LogP contribution in [-0.2, 0) is 32.9 Å². The van der Waals surface area contributed by atoms with Crippen LogP contribution in [0.25, 0.3) is 16.9 Å². The summed E-state index contributed by atoms with van der Waals surface area (Å²) in [5.74, 6) is 1.21. The number of fused-ring (bicyclic) bond motifs is 1. The molecule has 43 heavy (non-hydrogen) atoms. The summed E-state index contributed by atoms with van der Waals surface area (Å²) in [5.41, 5.74) is 1.60. The molecule has 0 atom stereocenters. The SMILES string of the molecule is CCCCCCCc1nc(C)c2c(=O)[nH]c(-c3cc(S(=O)(=O)NCCc4ccc(S(N)(=O)=O)cc4)ccc3OCC)nn12. The third kappa shape index (κ3) is 7.88. The van der Waals surface area contributed by atoms with Crippen LogP contribution < -0.4 is 20.2 Å². The molecular weight excluding hydrogens is 592 g/mol. The molecule has 2 aromatic carbocycles. The Hall–Kier alpha value is -3.59. The third-order valence-corrected chi connectivity index (χ3v) is 9.41. The number of ether oxygens (including phenoxy) is 1. The fourth-order valence-corrected chi connectivity index (χ4v) is 6.38. The molecule has 0 saturated carbocycles. The van der Waals surface area contributed by atoms with E-state index in [1.807, 2.05) is 0 Å². The maximum atomic E-state index is 13.2. The topological polar surface area (TPSA) is 179 Å². The van der Waals surface area contributed by atoms with Crippen LogP contribution in [0, 0.1) is 6.92 Å². The molecule has 0 saturated heterocycles. The number of benzene rings is 2. The van der Waals surface area contributed by atoms with Gasteiger partial charge in [0.2, 0.25) is 20.0 Å². The van der Waals surface area contributed by atoms with Crippen molar-refractivity contribution in [3.63, 3.8) is 0 Å². The molecule has 12 nitrogen and oxygen atoms in total. The van der Waals surface area contributed by atoms with E-state index in [1.165, 1.54) is 36.8 Å². The van der Waals surface area contributed by atoms with Gasteiger partial charge in [-0.2, -0.15) is 0 Å². The number of aryl methyl sites for hydroxylation is 2. The van der Waals surface area contributed by atoms with Gasteiger partial charge in [0.15, 0.2) is 11.3 Å². The van der Waals surface area contributed by atoms with E-state index in [0.29, 0.717) is 47.8 Å². The van der Waals surface area contributed by atoms with Gasteiger partial charge >= 0.3 is 0 Å². The van der Waals surface area contributed by atoms with Crippen LogP contribution in [0.5, 0.6) is 5.75 Å². The number of hydrogen-bond donors (Lipinski definition) is 3. The minimum Gasteiger partial charge on any atom is -0.493 e. The lowest BCUT2D eigenvalue weighted by atomic mass is 10.1. The van der Waals surface area contributed by atoms with Crippen LogP contribution in [0.1, 0.15) is 63.0 Å². The largest absolute Gasteiger partial charge is 0.493 e. The first-order chi connectivity index (χ1) is 20.4. The summed E-state index contributed by atoms with van der Waals surface area (Å²) < 4.78 is 59.3. The Kier molecular flexibility index (Phi) is 10.4. The Morgan fingerprint density at radius 2 is 1.65 bits per heavy atom. The number of H-pyrrole nitrogens is 1. The number of nitrogens with zero attached hydrogens (tertiary/aromatic N) is 3. The number of sulfonamides is 2. The van der Waals surface area contributed by atoms with Crippen molar-refractivity contribution in [2.24, 2.45) is 5.14 Å². The van der Waals surface area contributed by atoms with Gasteiger partial charge in [0.05, 0.1) is 27.7 Å². The first-order valence-electron chi connectivity index (χ1n) is 14.3. The van der Waals surface area contributed by atoms with Gasteiger partial charge in [-0.15, -0.1) is 5.10 Å². The Balaban J connectivity index is 1.60. The lowest BCUT2D eigenvalue weighted by molar-refractivity contribution is 0.341. The number of rotatable bonds is 15. The van der Waals surface area contributed by atoms with Crippen molar-refractivity contribution in [3.05, 3.63) is 69.9 Å². The first kappa shape index (κ1) is 32.3. The monoisotopic (exact) mass is 630 g/mol. The zero-order valence-electron chi connectivity index (χ0n) is 24.6. The van der Waals surface area contributed by atoms with Crippen molar-refractivity contribution < 1.29 is 21.6 Å². The summed E-state index contributed by atoms with van der Waals surface area (Å²) in [6, 6.07) is 10.3. The fourth-order valence-electron chi connectivity index (χ4n) is 4.81. The summed E-state index contributed by atoms with van der Waals surface area (Å²) in [4.78, 5) is 20.5. The van der Waals surface area contributed by atoms with Gasteiger partial charge in [-0.3, -0.25) is 4.79 Å². The Morgan fingerprint density at radius 3 is 2.33 bits per heavy atom. The highest BCUT2D eigenvalue weighted by molar-refractivity contribution is 7.89. The molecule has 0 spiro atoms. The number of aromatic amines is 1. The minimum absolute atomic E-state index is 0.0199. The second-order valence-corrected chi connectivity index (χ2v) is 13.6. The molecule has 0 aliphatic heterocycles. The number of aromatic nitrogens is 4. The number of imidazole rings is 1. The molecule has 0 fully saturated rings. The molecule has 2 aromatic heterocycles. The van der Waals surface area contributed by atoms with Crippen LogP contribution in [-0.4, -0.2) is 49.6 Å². The van der Waals surface area contributed by atoms with Crippen molar-refractivity contribution in [1.82, 2.24) is 24.3 Å². The van der Waals surface area contributed by atoms with Gasteiger partial charge < -0.3 is 9.72 Å². The molecule has 2 heterocycles. The summed E-state index contributed by atoms with van der Waals surface area (Å²) in [7, 11) is -7.77. The number of unbranched alkanes of at least 4 members (excludes halogenated alkanes) is 4. The smallest absolute Gasteiger partial charge is 0.277 e. The standard InChI is InChI=1S/C29H38N6O6S2/c1-4-6-7-8-9-10-26-32-20(3)27-29(36)33-28(34-35(26)27)24-19-23(15-16-25(24)41-5-2)43(39,40)31-18-17-21-11-13-22(14-12-21)42(30,37)38/h11-16,19,31H,4-10,17-18H2,1-3H3,(H2,30,37,38)(H,33,34,36). The van der Waals surface area contributed by atoms with E-state index in [4.69, 9.17) is 9.88 Å². The second-order valence-electron chi connectivity index (χ2n) is 10.3. The highest BCUT2D eigenvalue weighted by atomic mass is 32.2. The molecule has 0 bridgehead atoms. The van der Waals surface area contributed by atoms with Crippen molar-refractivity contribution >= 4 is 25.6 Å². The zero-order valence-corrected chi connectivity index (χ0v) is 26.2. The van der Waals surface area contributed by atoms with Gasteiger partial charge in [0.25, 0.3) is 5.56 Å². The van der Waals surface area contributed by atoms with Gasteiger partial charge in [-0.05, 0) is 62.6 Å². The molecule has 14 heteroatoms. The van der Waals surface area contributed by atoms with E-state index in [0.717, 1.165) is 31.2 Å². The molecule has 0 aliphatic rings. The predicted octanol–water partition coefficient (Wildman–Crippen LogP) is 3.47. The maximum absolute atomic E-state index is 13.2. The highest BCUT2D eigenvalue weighted by Crippen LogP contribution is 2.30. The van der Waals surface area contributed by atoms with E-state index >= 15 is 0 Å². The van der Waals surface area contributed by atoms with Crippen LogP contribution in [0.2, 0.25) is 0 Å². The molecule has 4 rings (SSSR count). The predicted molar refractivity (Wildman–Crippen MR) is 164 cm³/mol. The molecule has 4 N–H and O–H groups in total. The molecule has 0 amide bonds. The van der Waals surface area contributed by atoms with E-state index in [9.17, 15) is 21.6 Å². The minimum atomic E-state index is -3.96. The van der Waals surface area contributed by atoms with Crippen molar-refractivity contribution in [2.45, 2.75) is 75.5 Å². The Labute approximate surface area is 251 Å². The maximum Gasteiger partial charge on any atom is 0.277 e. The van der Waals surface area contributed by atoms with Gasteiger partial charge in [0.1, 0.15) is 11.6 Å². The zero-order chi connectivity index (χ0) is 31.2. The number of nitrogens with two attached hydrogens (primary N) is 1. The van der Waals surface area contributed by atoms with E-state index in [-0.39, 0.29) is 27.7 Å². The van der Waals surface area contributed by atoms with Crippen molar-refractivity contribution in [1.29, 1.82) is 0 Å². The molecule has 232 valence electrons. The lowest BCUT2D eigenvalue weighted by Gasteiger charge is -2.13. The Bertz CT molecular complexity index is 1850. The van der Waals surface area contributed by atoms with Crippen LogP contribution in [0.3, 0.4) is 0 Å². The molecular formula is C29H38N6O6S2. The van der Waals surface area contributed by atoms with Crippen molar-refractivity contribution in [2.75, 3.05) is 13.2 Å². The van der Waals surface area contributed by atoms with Gasteiger partial charge in [-0.25, -0.2) is 36.2 Å². The summed E-state index contributed by atoms with van der Waals surface area (Å²) in [6.45, 7) is 6.13. The summed E-state index contributed by atoms with van der Waals surface area (Å²) >= 11 is 0. The first-order valence-corrected chi connectivity index (χ1v) is 17.3. The molecule has 0 unspecified atom stereocenters. The third-order valence-electron chi connectivity index (χ3n) is 7.02. The van der Waals surface area contributed by atoms with Crippen LogP contribution >= 0.6 is 0 Å². The van der Waals surface area contributed by atoms with Gasteiger partial charge in [0, 0.05) is 13.0 Å². The van der Waals surface area contributed by atoms with E-state index in [1.54, 1.807) is 30.5 Å². The van der Waals surface area contributed by atoms with Crippen molar-refractivity contribution in [3.8, 4) is 17.1 Å². The summed E-state index contributed by atoms with van der Waals surface area (Å²) in [5, 5.41) is 9.82.